The monoisotopic (exact) mass is 297 g/mol. The Balaban J connectivity index is 2.96. The van der Waals surface area contributed by atoms with Gasteiger partial charge in [0.2, 0.25) is 5.91 Å². The first-order valence-electron chi connectivity index (χ1n) is 5.83. The Morgan fingerprint density at radius 2 is 1.88 bits per heavy atom. The SMILES string of the molecule is Cc1ccc(N(C)C(=O)C(Br)C(C)C)c(C)c1. The highest BCUT2D eigenvalue weighted by Crippen LogP contribution is 2.23. The summed E-state index contributed by atoms with van der Waals surface area (Å²) >= 11 is 3.45. The predicted molar refractivity (Wildman–Crippen MR) is 76.9 cm³/mol. The summed E-state index contributed by atoms with van der Waals surface area (Å²) in [5.74, 6) is 0.391. The van der Waals surface area contributed by atoms with E-state index in [1.165, 1.54) is 5.56 Å². The predicted octanol–water partition coefficient (Wildman–Crippen LogP) is 3.69. The number of halogens is 1. The molecule has 0 aliphatic heterocycles. The van der Waals surface area contributed by atoms with Crippen LogP contribution in [0.5, 0.6) is 0 Å². The van der Waals surface area contributed by atoms with Gasteiger partial charge in [-0.05, 0) is 31.4 Å². The number of carbonyl (C=O) groups is 1. The molecule has 1 unspecified atom stereocenters. The van der Waals surface area contributed by atoms with Crippen LogP contribution < -0.4 is 4.90 Å². The zero-order valence-corrected chi connectivity index (χ0v) is 12.7. The van der Waals surface area contributed by atoms with Crippen LogP contribution in [0.25, 0.3) is 0 Å². The van der Waals surface area contributed by atoms with Crippen molar-refractivity contribution >= 4 is 27.5 Å². The van der Waals surface area contributed by atoms with Crippen molar-refractivity contribution in [3.8, 4) is 0 Å². The average Bonchev–Trinajstić information content (AvgIpc) is 2.26. The standard InChI is InChI=1S/C14H20BrNO/c1-9(2)13(15)14(17)16(5)12-7-6-10(3)8-11(12)4/h6-9,13H,1-5H3. The molecule has 17 heavy (non-hydrogen) atoms. The first kappa shape index (κ1) is 14.2. The molecule has 0 saturated carbocycles. The minimum Gasteiger partial charge on any atom is -0.314 e. The van der Waals surface area contributed by atoms with E-state index in [2.05, 4.69) is 28.9 Å². The third-order valence-corrected chi connectivity index (χ3v) is 4.31. The van der Waals surface area contributed by atoms with Crippen molar-refractivity contribution in [2.24, 2.45) is 5.92 Å². The number of hydrogen-bond donors (Lipinski definition) is 0. The van der Waals surface area contributed by atoms with Crippen LogP contribution in [-0.4, -0.2) is 17.8 Å². The molecule has 0 bridgehead atoms. The molecule has 1 aromatic carbocycles. The van der Waals surface area contributed by atoms with Gasteiger partial charge in [-0.1, -0.05) is 47.5 Å². The van der Waals surface area contributed by atoms with E-state index in [0.717, 1.165) is 11.3 Å². The minimum atomic E-state index is -0.131. The molecular formula is C14H20BrNO. The lowest BCUT2D eigenvalue weighted by Gasteiger charge is -2.24. The molecule has 0 heterocycles. The first-order chi connectivity index (χ1) is 7.84. The van der Waals surface area contributed by atoms with Gasteiger partial charge in [0, 0.05) is 12.7 Å². The van der Waals surface area contributed by atoms with Gasteiger partial charge in [-0.15, -0.1) is 0 Å². The molecule has 1 atom stereocenters. The van der Waals surface area contributed by atoms with Gasteiger partial charge in [-0.2, -0.15) is 0 Å². The van der Waals surface area contributed by atoms with Crippen LogP contribution >= 0.6 is 15.9 Å². The van der Waals surface area contributed by atoms with E-state index in [1.807, 2.05) is 40.0 Å². The second-order valence-electron chi connectivity index (χ2n) is 4.83. The van der Waals surface area contributed by atoms with Crippen molar-refractivity contribution in [1.29, 1.82) is 0 Å². The summed E-state index contributed by atoms with van der Waals surface area (Å²) in [4.78, 5) is 13.8. The summed E-state index contributed by atoms with van der Waals surface area (Å²) in [6.07, 6.45) is 0. The molecule has 1 aromatic rings. The Morgan fingerprint density at radius 3 is 2.35 bits per heavy atom. The van der Waals surface area contributed by atoms with E-state index in [4.69, 9.17) is 0 Å². The van der Waals surface area contributed by atoms with Crippen molar-refractivity contribution in [2.75, 3.05) is 11.9 Å². The molecule has 0 N–H and O–H groups in total. The van der Waals surface area contributed by atoms with Crippen molar-refractivity contribution in [1.82, 2.24) is 0 Å². The molecule has 0 fully saturated rings. The molecule has 0 aliphatic rings. The van der Waals surface area contributed by atoms with Crippen LogP contribution in [0.15, 0.2) is 18.2 Å². The number of nitrogens with zero attached hydrogens (tertiary/aromatic N) is 1. The molecule has 94 valence electrons. The second-order valence-corrected chi connectivity index (χ2v) is 5.82. The van der Waals surface area contributed by atoms with Gasteiger partial charge < -0.3 is 4.90 Å². The highest BCUT2D eigenvalue weighted by atomic mass is 79.9. The molecule has 0 saturated heterocycles. The highest BCUT2D eigenvalue weighted by Gasteiger charge is 2.23. The number of aryl methyl sites for hydroxylation is 2. The van der Waals surface area contributed by atoms with Gasteiger partial charge >= 0.3 is 0 Å². The molecule has 0 aliphatic carbocycles. The average molecular weight is 298 g/mol. The van der Waals surface area contributed by atoms with Crippen LogP contribution in [0.4, 0.5) is 5.69 Å². The van der Waals surface area contributed by atoms with Crippen LogP contribution in [0, 0.1) is 19.8 Å². The van der Waals surface area contributed by atoms with Crippen LogP contribution in [-0.2, 0) is 4.79 Å². The maximum Gasteiger partial charge on any atom is 0.240 e. The first-order valence-corrected chi connectivity index (χ1v) is 6.75. The molecular weight excluding hydrogens is 278 g/mol. The number of amides is 1. The quantitative estimate of drug-likeness (QED) is 0.779. The third-order valence-electron chi connectivity index (χ3n) is 2.87. The van der Waals surface area contributed by atoms with E-state index in [1.54, 1.807) is 4.90 Å². The van der Waals surface area contributed by atoms with Crippen molar-refractivity contribution in [3.63, 3.8) is 0 Å². The van der Waals surface area contributed by atoms with Gasteiger partial charge in [-0.25, -0.2) is 0 Å². The maximum atomic E-state index is 12.2. The molecule has 3 heteroatoms. The lowest BCUT2D eigenvalue weighted by atomic mass is 10.1. The van der Waals surface area contributed by atoms with Crippen LogP contribution in [0.2, 0.25) is 0 Å². The van der Waals surface area contributed by atoms with E-state index in [0.29, 0.717) is 0 Å². The molecule has 0 radical (unpaired) electrons. The molecule has 0 spiro atoms. The van der Waals surface area contributed by atoms with Crippen LogP contribution in [0.3, 0.4) is 0 Å². The van der Waals surface area contributed by atoms with Crippen molar-refractivity contribution in [2.45, 2.75) is 32.5 Å². The van der Waals surface area contributed by atoms with Crippen molar-refractivity contribution in [3.05, 3.63) is 29.3 Å². The summed E-state index contributed by atoms with van der Waals surface area (Å²) in [5, 5.41) is 0. The van der Waals surface area contributed by atoms with Crippen molar-refractivity contribution < 1.29 is 4.79 Å². The lowest BCUT2D eigenvalue weighted by molar-refractivity contribution is -0.118. The van der Waals surface area contributed by atoms with E-state index >= 15 is 0 Å². The zero-order chi connectivity index (χ0) is 13.2. The number of rotatable bonds is 3. The van der Waals surface area contributed by atoms with Gasteiger partial charge in [0.25, 0.3) is 0 Å². The molecule has 1 rings (SSSR count). The second kappa shape index (κ2) is 5.67. The largest absolute Gasteiger partial charge is 0.314 e. The van der Waals surface area contributed by atoms with Crippen LogP contribution in [0.1, 0.15) is 25.0 Å². The number of carbonyl (C=O) groups excluding carboxylic acids is 1. The molecule has 0 aromatic heterocycles. The fraction of sp³-hybridized carbons (Fsp3) is 0.500. The zero-order valence-electron chi connectivity index (χ0n) is 11.1. The molecule has 2 nitrogen and oxygen atoms in total. The van der Waals surface area contributed by atoms with E-state index in [-0.39, 0.29) is 16.7 Å². The Labute approximate surface area is 112 Å². The number of alkyl halides is 1. The minimum absolute atomic E-state index is 0.104. The fourth-order valence-corrected chi connectivity index (χ4v) is 2.08. The highest BCUT2D eigenvalue weighted by molar-refractivity contribution is 9.10. The lowest BCUT2D eigenvalue weighted by Crippen LogP contribution is -2.36. The van der Waals surface area contributed by atoms with Gasteiger partial charge in [0.05, 0.1) is 4.83 Å². The summed E-state index contributed by atoms with van der Waals surface area (Å²) in [7, 11) is 1.83. The summed E-state index contributed by atoms with van der Waals surface area (Å²) < 4.78 is 0. The van der Waals surface area contributed by atoms with Gasteiger partial charge in [0.15, 0.2) is 0 Å². The fourth-order valence-electron chi connectivity index (χ4n) is 1.77. The van der Waals surface area contributed by atoms with Gasteiger partial charge in [-0.3, -0.25) is 4.79 Å². The number of hydrogen-bond acceptors (Lipinski definition) is 1. The Kier molecular flexibility index (Phi) is 4.75. The normalized spacial score (nSPS) is 12.6. The Hall–Kier alpha value is -0.830. The Morgan fingerprint density at radius 1 is 1.29 bits per heavy atom. The third kappa shape index (κ3) is 3.32. The number of benzene rings is 1. The topological polar surface area (TPSA) is 20.3 Å². The maximum absolute atomic E-state index is 12.2. The van der Waals surface area contributed by atoms with E-state index in [9.17, 15) is 4.79 Å². The number of anilines is 1. The van der Waals surface area contributed by atoms with E-state index < -0.39 is 0 Å². The smallest absolute Gasteiger partial charge is 0.240 e. The molecule has 1 amide bonds. The summed E-state index contributed by atoms with van der Waals surface area (Å²) in [5.41, 5.74) is 3.32. The Bertz CT molecular complexity index is 415. The summed E-state index contributed by atoms with van der Waals surface area (Å²) in [6, 6.07) is 6.13. The summed E-state index contributed by atoms with van der Waals surface area (Å²) in [6.45, 7) is 8.16. The van der Waals surface area contributed by atoms with Gasteiger partial charge in [0.1, 0.15) is 0 Å².